The maximum absolute atomic E-state index is 12.9. The average molecular weight is 354 g/mol. The summed E-state index contributed by atoms with van der Waals surface area (Å²) in [5.74, 6) is 0.482. The molecule has 0 aliphatic carbocycles. The number of ether oxygens (including phenoxy) is 1. The third-order valence-corrected chi connectivity index (χ3v) is 4.04. The van der Waals surface area contributed by atoms with Crippen LogP contribution in [0.4, 0.5) is 0 Å². The Hall–Kier alpha value is -2.96. The first kappa shape index (κ1) is 17.8. The van der Waals surface area contributed by atoms with E-state index in [9.17, 15) is 4.79 Å². The Morgan fingerprint density at radius 2 is 2.19 bits per heavy atom. The van der Waals surface area contributed by atoms with E-state index >= 15 is 0 Å². The SMILES string of the molecule is CCOc1ncccc1CNC(=O)c1cc(C(C)C)nc2onc(C)c12. The average Bonchev–Trinajstić information content (AvgIpc) is 3.01. The Morgan fingerprint density at radius 3 is 2.92 bits per heavy atom. The summed E-state index contributed by atoms with van der Waals surface area (Å²) in [5, 5.41) is 7.52. The molecule has 3 aromatic heterocycles. The predicted octanol–water partition coefficient (Wildman–Crippen LogP) is 3.38. The van der Waals surface area contributed by atoms with Crippen LogP contribution in [0.5, 0.6) is 5.88 Å². The number of fused-ring (bicyclic) bond motifs is 1. The van der Waals surface area contributed by atoms with Gasteiger partial charge in [-0.15, -0.1) is 0 Å². The van der Waals surface area contributed by atoms with Gasteiger partial charge in [0.25, 0.3) is 11.6 Å². The van der Waals surface area contributed by atoms with Crippen molar-refractivity contribution in [3.63, 3.8) is 0 Å². The van der Waals surface area contributed by atoms with Crippen LogP contribution in [0.1, 0.15) is 54.0 Å². The van der Waals surface area contributed by atoms with E-state index in [-0.39, 0.29) is 11.8 Å². The van der Waals surface area contributed by atoms with Crippen LogP contribution in [0.15, 0.2) is 28.9 Å². The number of nitrogens with zero attached hydrogens (tertiary/aromatic N) is 3. The Morgan fingerprint density at radius 1 is 1.38 bits per heavy atom. The highest BCUT2D eigenvalue weighted by molar-refractivity contribution is 6.06. The largest absolute Gasteiger partial charge is 0.478 e. The van der Waals surface area contributed by atoms with Gasteiger partial charge in [-0.3, -0.25) is 4.79 Å². The fourth-order valence-electron chi connectivity index (χ4n) is 2.68. The van der Waals surface area contributed by atoms with Gasteiger partial charge in [0, 0.05) is 24.0 Å². The van der Waals surface area contributed by atoms with Crippen LogP contribution in [-0.2, 0) is 6.54 Å². The number of pyridine rings is 2. The second-order valence-corrected chi connectivity index (χ2v) is 6.28. The summed E-state index contributed by atoms with van der Waals surface area (Å²) in [6.45, 7) is 8.56. The van der Waals surface area contributed by atoms with Gasteiger partial charge in [-0.05, 0) is 31.9 Å². The molecule has 0 radical (unpaired) electrons. The maximum Gasteiger partial charge on any atom is 0.259 e. The van der Waals surface area contributed by atoms with Crippen molar-refractivity contribution < 1.29 is 14.1 Å². The summed E-state index contributed by atoms with van der Waals surface area (Å²) < 4.78 is 10.8. The van der Waals surface area contributed by atoms with Crippen molar-refractivity contribution >= 4 is 17.0 Å². The number of rotatable bonds is 6. The molecule has 3 rings (SSSR count). The van der Waals surface area contributed by atoms with Gasteiger partial charge in [-0.2, -0.15) is 0 Å². The van der Waals surface area contributed by atoms with Crippen molar-refractivity contribution in [1.29, 1.82) is 0 Å². The molecule has 1 N–H and O–H groups in total. The summed E-state index contributed by atoms with van der Waals surface area (Å²) in [6, 6.07) is 5.50. The molecular weight excluding hydrogens is 332 g/mol. The molecule has 7 heteroatoms. The zero-order chi connectivity index (χ0) is 18.7. The molecule has 0 aromatic carbocycles. The minimum atomic E-state index is -0.211. The first-order valence-corrected chi connectivity index (χ1v) is 8.63. The third kappa shape index (κ3) is 3.51. The van der Waals surface area contributed by atoms with Crippen molar-refractivity contribution in [2.24, 2.45) is 0 Å². The summed E-state index contributed by atoms with van der Waals surface area (Å²) >= 11 is 0. The lowest BCUT2D eigenvalue weighted by molar-refractivity contribution is 0.0952. The standard InChI is InChI=1S/C19H22N4O3/c1-5-25-18-13(7-6-8-20-18)10-21-17(24)14-9-15(11(2)3)22-19-16(14)12(4)23-26-19/h6-9,11H,5,10H2,1-4H3,(H,21,24). The highest BCUT2D eigenvalue weighted by Gasteiger charge is 2.20. The molecule has 1 amide bonds. The van der Waals surface area contributed by atoms with Crippen molar-refractivity contribution in [3.8, 4) is 5.88 Å². The van der Waals surface area contributed by atoms with E-state index in [2.05, 4.69) is 20.4 Å². The number of aromatic nitrogens is 3. The predicted molar refractivity (Wildman–Crippen MR) is 97.2 cm³/mol. The number of hydrogen-bond acceptors (Lipinski definition) is 6. The van der Waals surface area contributed by atoms with Gasteiger partial charge in [0.2, 0.25) is 5.88 Å². The quantitative estimate of drug-likeness (QED) is 0.730. The molecule has 3 aromatic rings. The fraction of sp³-hybridized carbons (Fsp3) is 0.368. The van der Waals surface area contributed by atoms with E-state index in [1.54, 1.807) is 19.2 Å². The van der Waals surface area contributed by atoms with Crippen LogP contribution < -0.4 is 10.1 Å². The summed E-state index contributed by atoms with van der Waals surface area (Å²) in [6.07, 6.45) is 1.66. The van der Waals surface area contributed by atoms with E-state index < -0.39 is 0 Å². The third-order valence-electron chi connectivity index (χ3n) is 4.04. The Labute approximate surface area is 151 Å². The molecule has 3 heterocycles. The number of hydrogen-bond donors (Lipinski definition) is 1. The Kier molecular flexibility index (Phi) is 5.16. The van der Waals surface area contributed by atoms with E-state index in [1.807, 2.05) is 32.9 Å². The first-order chi connectivity index (χ1) is 12.5. The molecular formula is C19H22N4O3. The van der Waals surface area contributed by atoms with Gasteiger partial charge in [-0.25, -0.2) is 9.97 Å². The number of amides is 1. The first-order valence-electron chi connectivity index (χ1n) is 8.63. The molecule has 7 nitrogen and oxygen atoms in total. The Balaban J connectivity index is 1.89. The molecule has 0 unspecified atom stereocenters. The zero-order valence-electron chi connectivity index (χ0n) is 15.4. The highest BCUT2D eigenvalue weighted by Crippen LogP contribution is 2.25. The van der Waals surface area contributed by atoms with Gasteiger partial charge < -0.3 is 14.6 Å². The van der Waals surface area contributed by atoms with Gasteiger partial charge >= 0.3 is 0 Å². The van der Waals surface area contributed by atoms with Crippen LogP contribution in [-0.4, -0.2) is 27.6 Å². The van der Waals surface area contributed by atoms with Crippen LogP contribution in [0, 0.1) is 6.92 Å². The molecule has 0 saturated carbocycles. The van der Waals surface area contributed by atoms with Gasteiger partial charge in [0.05, 0.1) is 23.3 Å². The van der Waals surface area contributed by atoms with Crippen LogP contribution in [0.25, 0.3) is 11.1 Å². The summed E-state index contributed by atoms with van der Waals surface area (Å²) in [5.41, 5.74) is 3.15. The molecule has 0 aliphatic heterocycles. The molecule has 0 saturated heterocycles. The molecule has 0 fully saturated rings. The fourth-order valence-corrected chi connectivity index (χ4v) is 2.68. The van der Waals surface area contributed by atoms with Crippen molar-refractivity contribution in [3.05, 3.63) is 46.9 Å². The van der Waals surface area contributed by atoms with Crippen LogP contribution in [0.2, 0.25) is 0 Å². The van der Waals surface area contributed by atoms with E-state index in [0.29, 0.717) is 41.4 Å². The highest BCUT2D eigenvalue weighted by atomic mass is 16.5. The minimum absolute atomic E-state index is 0.166. The second kappa shape index (κ2) is 7.51. The van der Waals surface area contributed by atoms with Gasteiger partial charge in [-0.1, -0.05) is 25.1 Å². The minimum Gasteiger partial charge on any atom is -0.478 e. The van der Waals surface area contributed by atoms with Crippen LogP contribution >= 0.6 is 0 Å². The smallest absolute Gasteiger partial charge is 0.259 e. The van der Waals surface area contributed by atoms with Crippen molar-refractivity contribution in [2.75, 3.05) is 6.61 Å². The lowest BCUT2D eigenvalue weighted by Gasteiger charge is -2.11. The topological polar surface area (TPSA) is 90.1 Å². The van der Waals surface area contributed by atoms with Crippen molar-refractivity contribution in [2.45, 2.75) is 40.2 Å². The van der Waals surface area contributed by atoms with Crippen molar-refractivity contribution in [1.82, 2.24) is 20.4 Å². The summed E-state index contributed by atoms with van der Waals surface area (Å²) in [7, 11) is 0. The Bertz CT molecular complexity index is 934. The number of aryl methyl sites for hydroxylation is 1. The molecule has 0 spiro atoms. The van der Waals surface area contributed by atoms with Crippen LogP contribution in [0.3, 0.4) is 0 Å². The zero-order valence-corrected chi connectivity index (χ0v) is 15.4. The van der Waals surface area contributed by atoms with E-state index in [0.717, 1.165) is 11.3 Å². The second-order valence-electron chi connectivity index (χ2n) is 6.28. The molecule has 0 aliphatic rings. The monoisotopic (exact) mass is 354 g/mol. The number of carbonyl (C=O) groups is 1. The molecule has 0 atom stereocenters. The lowest BCUT2D eigenvalue weighted by Crippen LogP contribution is -2.24. The van der Waals surface area contributed by atoms with Gasteiger partial charge in [0.15, 0.2) is 0 Å². The van der Waals surface area contributed by atoms with E-state index in [1.165, 1.54) is 0 Å². The number of carbonyl (C=O) groups excluding carboxylic acids is 1. The molecule has 26 heavy (non-hydrogen) atoms. The molecule has 0 bridgehead atoms. The lowest BCUT2D eigenvalue weighted by atomic mass is 10.0. The normalized spacial score (nSPS) is 11.1. The summed E-state index contributed by atoms with van der Waals surface area (Å²) in [4.78, 5) is 21.5. The van der Waals surface area contributed by atoms with E-state index in [4.69, 9.17) is 9.26 Å². The number of nitrogens with one attached hydrogen (secondary N) is 1. The maximum atomic E-state index is 12.9. The molecule has 136 valence electrons. The van der Waals surface area contributed by atoms with Gasteiger partial charge in [0.1, 0.15) is 0 Å².